The standard InChI is InChI=1S/C35H38F5N5O8S/c1-31(2,3)53-30(48)41-18-6-5-13-45(16-18)29-43-20-7-8-22(49-4)25(26(20)54-29)28(47)42-21-15-24-23(51-35(39,40)52-24)14-19(21)27(46)44-32-9-11-33(12-10-32,50-17-32)34(36,37)38/h7-8,14-15,18H,5-6,9-13,16-17H2,1-4H3,(H,41,48)(H,42,47)(H,44,46)/t18-,32?,33?/m1/s1. The fourth-order valence-corrected chi connectivity index (χ4v) is 8.36. The van der Waals surface area contributed by atoms with Gasteiger partial charge in [-0.15, -0.1) is 8.78 Å². The van der Waals surface area contributed by atoms with Crippen molar-refractivity contribution < 1.29 is 60.0 Å². The maximum Gasteiger partial charge on any atom is 0.586 e. The zero-order valence-corrected chi connectivity index (χ0v) is 30.5. The van der Waals surface area contributed by atoms with E-state index in [0.717, 1.165) is 25.0 Å². The van der Waals surface area contributed by atoms with E-state index in [9.17, 15) is 36.3 Å². The maximum absolute atomic E-state index is 14.2. The van der Waals surface area contributed by atoms with Crippen molar-refractivity contribution in [3.8, 4) is 17.2 Å². The molecular weight excluding hydrogens is 745 g/mol. The van der Waals surface area contributed by atoms with Gasteiger partial charge in [0, 0.05) is 25.2 Å². The molecule has 2 aromatic carbocycles. The number of hydrogen-bond donors (Lipinski definition) is 3. The average Bonchev–Trinajstić information content (AvgIpc) is 3.66. The lowest BCUT2D eigenvalue weighted by molar-refractivity contribution is -0.317. The molecule has 1 atom stereocenters. The highest BCUT2D eigenvalue weighted by atomic mass is 32.1. The van der Waals surface area contributed by atoms with Crippen molar-refractivity contribution in [2.24, 2.45) is 0 Å². The number of carbonyl (C=O) groups is 3. The number of carbonyl (C=O) groups excluding carboxylic acids is 3. The fourth-order valence-electron chi connectivity index (χ4n) is 7.23. The number of fused-ring (bicyclic) bond motifs is 5. The number of methoxy groups -OCH3 is 1. The van der Waals surface area contributed by atoms with Crippen LogP contribution in [-0.2, 0) is 9.47 Å². The van der Waals surface area contributed by atoms with E-state index >= 15 is 0 Å². The Morgan fingerprint density at radius 3 is 2.35 bits per heavy atom. The largest absolute Gasteiger partial charge is 0.586 e. The number of halogens is 5. The van der Waals surface area contributed by atoms with Crippen LogP contribution in [0.5, 0.6) is 17.2 Å². The van der Waals surface area contributed by atoms with Crippen LogP contribution in [0.1, 0.15) is 80.0 Å². The van der Waals surface area contributed by atoms with Crippen LogP contribution >= 0.6 is 11.3 Å². The monoisotopic (exact) mass is 783 g/mol. The molecule has 4 fully saturated rings. The van der Waals surface area contributed by atoms with E-state index in [1.54, 1.807) is 32.9 Å². The van der Waals surface area contributed by atoms with Gasteiger partial charge in [0.25, 0.3) is 11.8 Å². The highest BCUT2D eigenvalue weighted by molar-refractivity contribution is 7.22. The molecule has 3 saturated heterocycles. The van der Waals surface area contributed by atoms with Gasteiger partial charge in [-0.2, -0.15) is 13.2 Å². The second-order valence-electron chi connectivity index (χ2n) is 14.9. The molecule has 2 bridgehead atoms. The molecule has 0 radical (unpaired) electrons. The minimum Gasteiger partial charge on any atom is -0.496 e. The molecule has 5 heterocycles. The lowest BCUT2D eigenvalue weighted by atomic mass is 9.70. The Balaban J connectivity index is 1.16. The fraction of sp³-hybridized carbons (Fsp3) is 0.543. The number of hydrogen-bond acceptors (Lipinski definition) is 11. The van der Waals surface area contributed by atoms with Gasteiger partial charge in [-0.3, -0.25) is 9.59 Å². The van der Waals surface area contributed by atoms with Gasteiger partial charge >= 0.3 is 18.6 Å². The van der Waals surface area contributed by atoms with Gasteiger partial charge in [0.2, 0.25) is 0 Å². The van der Waals surface area contributed by atoms with Crippen molar-refractivity contribution in [3.63, 3.8) is 0 Å². The van der Waals surface area contributed by atoms with Crippen LogP contribution in [0.15, 0.2) is 24.3 Å². The van der Waals surface area contributed by atoms with E-state index in [1.807, 2.05) is 4.90 Å². The van der Waals surface area contributed by atoms with Crippen LogP contribution in [0.2, 0.25) is 0 Å². The van der Waals surface area contributed by atoms with Gasteiger partial charge in [0.15, 0.2) is 22.2 Å². The first kappa shape index (κ1) is 37.7. The zero-order chi connectivity index (χ0) is 38.8. The van der Waals surface area contributed by atoms with Crippen molar-refractivity contribution in [2.75, 3.05) is 37.0 Å². The number of nitrogens with zero attached hydrogens (tertiary/aromatic N) is 2. The minimum atomic E-state index is -4.58. The molecule has 8 rings (SSSR count). The lowest BCUT2D eigenvalue weighted by Gasteiger charge is -2.53. The third kappa shape index (κ3) is 7.26. The molecule has 3 amide bonds. The molecule has 4 aliphatic heterocycles. The van der Waals surface area contributed by atoms with Crippen molar-refractivity contribution in [1.29, 1.82) is 0 Å². The number of anilines is 2. The zero-order valence-electron chi connectivity index (χ0n) is 29.7. The van der Waals surface area contributed by atoms with Crippen LogP contribution in [0.25, 0.3) is 10.2 Å². The quantitative estimate of drug-likeness (QED) is 0.220. The summed E-state index contributed by atoms with van der Waals surface area (Å²) in [7, 11) is 1.36. The van der Waals surface area contributed by atoms with Crippen LogP contribution in [-0.4, -0.2) is 85.0 Å². The van der Waals surface area contributed by atoms with Crippen LogP contribution in [0.3, 0.4) is 0 Å². The van der Waals surface area contributed by atoms with Crippen LogP contribution < -0.4 is 35.1 Å². The summed E-state index contributed by atoms with van der Waals surface area (Å²) in [5, 5.41) is 8.86. The number of benzene rings is 2. The van der Waals surface area contributed by atoms with E-state index in [4.69, 9.17) is 19.2 Å². The average molecular weight is 784 g/mol. The number of thiazole rings is 1. The molecule has 5 aliphatic rings. The first-order valence-corrected chi connectivity index (χ1v) is 18.1. The van der Waals surface area contributed by atoms with Crippen LogP contribution in [0.4, 0.5) is 37.6 Å². The van der Waals surface area contributed by atoms with Gasteiger partial charge in [0.1, 0.15) is 16.9 Å². The molecule has 0 unspecified atom stereocenters. The Morgan fingerprint density at radius 1 is 1.02 bits per heavy atom. The molecule has 1 aromatic heterocycles. The minimum absolute atomic E-state index is 0.0374. The molecule has 3 N–H and O–H groups in total. The number of piperidine rings is 1. The maximum atomic E-state index is 14.2. The summed E-state index contributed by atoms with van der Waals surface area (Å²) >= 11 is 1.20. The summed E-state index contributed by atoms with van der Waals surface area (Å²) in [6.07, 6.45) is -8.51. The van der Waals surface area contributed by atoms with Gasteiger partial charge in [-0.1, -0.05) is 11.3 Å². The summed E-state index contributed by atoms with van der Waals surface area (Å²) in [6.45, 7) is 5.98. The summed E-state index contributed by atoms with van der Waals surface area (Å²) in [4.78, 5) is 47.2. The Morgan fingerprint density at radius 2 is 1.72 bits per heavy atom. The summed E-state index contributed by atoms with van der Waals surface area (Å²) in [5.41, 5.74) is -4.14. The number of ether oxygens (including phenoxy) is 5. The molecule has 0 spiro atoms. The Kier molecular flexibility index (Phi) is 9.26. The molecule has 19 heteroatoms. The molecule has 13 nitrogen and oxygen atoms in total. The highest BCUT2D eigenvalue weighted by Gasteiger charge is 2.63. The predicted octanol–water partition coefficient (Wildman–Crippen LogP) is 6.75. The van der Waals surface area contributed by atoms with E-state index in [-0.39, 0.29) is 54.3 Å². The lowest BCUT2D eigenvalue weighted by Crippen LogP contribution is -2.66. The first-order chi connectivity index (χ1) is 25.3. The topological polar surface area (TPSA) is 150 Å². The van der Waals surface area contributed by atoms with Gasteiger partial charge in [-0.05, 0) is 77.5 Å². The van der Waals surface area contributed by atoms with Gasteiger partial charge in [0.05, 0.1) is 40.7 Å². The molecule has 3 aromatic rings. The summed E-state index contributed by atoms with van der Waals surface area (Å²) < 4.78 is 95.4. The number of alkyl carbamates (subject to hydrolysis) is 1. The second kappa shape index (κ2) is 13.3. The number of rotatable bonds is 7. The van der Waals surface area contributed by atoms with E-state index < -0.39 is 65.2 Å². The van der Waals surface area contributed by atoms with Crippen molar-refractivity contribution in [3.05, 3.63) is 35.4 Å². The van der Waals surface area contributed by atoms with Gasteiger partial charge in [-0.25, -0.2) is 9.78 Å². The number of alkyl halides is 5. The Bertz CT molecular complexity index is 1980. The Labute approximate surface area is 309 Å². The van der Waals surface area contributed by atoms with Crippen molar-refractivity contribution in [1.82, 2.24) is 15.6 Å². The molecule has 54 heavy (non-hydrogen) atoms. The van der Waals surface area contributed by atoms with E-state index in [2.05, 4.69) is 25.4 Å². The first-order valence-electron chi connectivity index (χ1n) is 17.3. The molecule has 292 valence electrons. The summed E-state index contributed by atoms with van der Waals surface area (Å²) in [6, 6.07) is 5.00. The van der Waals surface area contributed by atoms with Gasteiger partial charge < -0.3 is 44.5 Å². The predicted molar refractivity (Wildman–Crippen MR) is 185 cm³/mol. The highest BCUT2D eigenvalue weighted by Crippen LogP contribution is 2.52. The van der Waals surface area contributed by atoms with Crippen molar-refractivity contribution in [2.45, 2.75) is 94.5 Å². The summed E-state index contributed by atoms with van der Waals surface area (Å²) in [5.74, 6) is -2.41. The molecular formula is C35H38F5N5O8S. The van der Waals surface area contributed by atoms with Crippen molar-refractivity contribution >= 4 is 50.3 Å². The Hall–Kier alpha value is -4.65. The van der Waals surface area contributed by atoms with E-state index in [1.165, 1.54) is 18.4 Å². The van der Waals surface area contributed by atoms with E-state index in [0.29, 0.717) is 28.4 Å². The number of aromatic nitrogens is 1. The SMILES string of the molecule is COc1ccc2nc(N3CCC[C@@H](NC(=O)OC(C)(C)C)C3)sc2c1C(=O)Nc1cc2c(cc1C(=O)NC13CCC(C(F)(F)F)(CC1)OC3)OC(F)(F)O2. The third-order valence-electron chi connectivity index (χ3n) is 9.94. The molecule has 1 saturated carbocycles. The molecule has 1 aliphatic carbocycles. The number of nitrogens with one attached hydrogen (secondary N) is 3. The second-order valence-corrected chi connectivity index (χ2v) is 15.9. The number of amides is 3. The normalized spacial score (nSPS) is 24.6. The smallest absolute Gasteiger partial charge is 0.496 e. The van der Waals surface area contributed by atoms with Crippen LogP contribution in [0, 0.1) is 0 Å². The third-order valence-corrected chi connectivity index (χ3v) is 11.1.